The van der Waals surface area contributed by atoms with Gasteiger partial charge in [0.2, 0.25) is 0 Å². The molecule has 0 heterocycles. The molecule has 4 heteroatoms. The van der Waals surface area contributed by atoms with E-state index in [0.717, 1.165) is 0 Å². The normalized spacial score (nSPS) is 12.5. The Morgan fingerprint density at radius 3 is 2.16 bits per heavy atom. The van der Waals surface area contributed by atoms with Crippen molar-refractivity contribution in [2.75, 3.05) is 0 Å². The van der Waals surface area contributed by atoms with Crippen molar-refractivity contribution >= 4 is 15.9 Å². The first-order valence-electron chi connectivity index (χ1n) is 5.80. The maximum atomic E-state index is 13.3. The Labute approximate surface area is 119 Å². The quantitative estimate of drug-likeness (QED) is 0.865. The van der Waals surface area contributed by atoms with E-state index >= 15 is 0 Å². The molecule has 2 aromatic carbocycles. The third-order valence-corrected chi connectivity index (χ3v) is 3.70. The molecule has 0 spiro atoms. The summed E-state index contributed by atoms with van der Waals surface area (Å²) in [7, 11) is 0. The van der Waals surface area contributed by atoms with Crippen LogP contribution in [0.5, 0.6) is 0 Å². The largest absolute Gasteiger partial charge is 0.384 e. The summed E-state index contributed by atoms with van der Waals surface area (Å²) in [6, 6.07) is 7.10. The second kappa shape index (κ2) is 5.39. The van der Waals surface area contributed by atoms with Crippen molar-refractivity contribution in [2.45, 2.75) is 20.0 Å². The van der Waals surface area contributed by atoms with E-state index in [1.807, 2.05) is 0 Å². The molecule has 0 saturated heterocycles. The van der Waals surface area contributed by atoms with E-state index in [1.54, 1.807) is 13.8 Å². The molecular weight excluding hydrogens is 314 g/mol. The molecule has 0 aliphatic carbocycles. The lowest BCUT2D eigenvalue weighted by Gasteiger charge is -2.17. The van der Waals surface area contributed by atoms with E-state index in [9.17, 15) is 13.9 Å². The third kappa shape index (κ3) is 2.85. The number of hydrogen-bond donors (Lipinski definition) is 1. The molecule has 19 heavy (non-hydrogen) atoms. The fraction of sp³-hybridized carbons (Fsp3) is 0.200. The van der Waals surface area contributed by atoms with Gasteiger partial charge in [-0.3, -0.25) is 0 Å². The van der Waals surface area contributed by atoms with Gasteiger partial charge in [0.05, 0.1) is 4.47 Å². The van der Waals surface area contributed by atoms with E-state index in [4.69, 9.17) is 0 Å². The summed E-state index contributed by atoms with van der Waals surface area (Å²) in [6.45, 7) is 3.49. The topological polar surface area (TPSA) is 20.2 Å². The maximum absolute atomic E-state index is 13.3. The number of benzene rings is 2. The van der Waals surface area contributed by atoms with Crippen LogP contribution in [0.3, 0.4) is 0 Å². The predicted molar refractivity (Wildman–Crippen MR) is 74.0 cm³/mol. The van der Waals surface area contributed by atoms with Crippen molar-refractivity contribution in [3.8, 4) is 0 Å². The molecule has 1 nitrogen and oxygen atoms in total. The molecule has 0 aliphatic heterocycles. The second-order valence-electron chi connectivity index (χ2n) is 4.53. The molecule has 0 bridgehead atoms. The van der Waals surface area contributed by atoms with E-state index in [2.05, 4.69) is 15.9 Å². The molecule has 2 rings (SSSR count). The highest BCUT2D eigenvalue weighted by Gasteiger charge is 2.17. The molecule has 100 valence electrons. The minimum atomic E-state index is -0.905. The van der Waals surface area contributed by atoms with Crippen molar-refractivity contribution in [2.24, 2.45) is 0 Å². The summed E-state index contributed by atoms with van der Waals surface area (Å²) in [5.74, 6) is -0.713. The van der Waals surface area contributed by atoms with Crippen LogP contribution < -0.4 is 0 Å². The molecule has 1 N–H and O–H groups in total. The van der Waals surface area contributed by atoms with E-state index in [0.29, 0.717) is 26.7 Å². The average molecular weight is 327 g/mol. The molecule has 0 amide bonds. The van der Waals surface area contributed by atoms with Gasteiger partial charge in [0, 0.05) is 0 Å². The first-order chi connectivity index (χ1) is 8.90. The van der Waals surface area contributed by atoms with Crippen LogP contribution in [0.4, 0.5) is 8.78 Å². The van der Waals surface area contributed by atoms with Gasteiger partial charge in [0.1, 0.15) is 17.7 Å². The van der Waals surface area contributed by atoms with Gasteiger partial charge in [-0.15, -0.1) is 0 Å². The van der Waals surface area contributed by atoms with Crippen molar-refractivity contribution in [1.82, 2.24) is 0 Å². The Hall–Kier alpha value is -1.26. The Balaban J connectivity index is 2.49. The Kier molecular flexibility index (Phi) is 4.02. The molecule has 1 atom stereocenters. The standard InChI is InChI=1S/C15H13BrF2O/c1-8-5-11(17)6-9(2)14(8)15(19)10-3-4-13(18)12(16)7-10/h3-7,15,19H,1-2H3. The van der Waals surface area contributed by atoms with Gasteiger partial charge in [0.25, 0.3) is 0 Å². The molecule has 0 saturated carbocycles. The Morgan fingerprint density at radius 2 is 1.63 bits per heavy atom. The van der Waals surface area contributed by atoms with Crippen molar-refractivity contribution < 1.29 is 13.9 Å². The number of aliphatic hydroxyl groups excluding tert-OH is 1. The highest BCUT2D eigenvalue weighted by atomic mass is 79.9. The minimum absolute atomic E-state index is 0.293. The summed E-state index contributed by atoms with van der Waals surface area (Å²) in [4.78, 5) is 0. The summed E-state index contributed by atoms with van der Waals surface area (Å²) < 4.78 is 26.7. The summed E-state index contributed by atoms with van der Waals surface area (Å²) in [6.07, 6.45) is -0.905. The van der Waals surface area contributed by atoms with Gasteiger partial charge in [-0.2, -0.15) is 0 Å². The van der Waals surface area contributed by atoms with Crippen LogP contribution in [0, 0.1) is 25.5 Å². The van der Waals surface area contributed by atoms with Crippen LogP contribution in [0.15, 0.2) is 34.8 Å². The van der Waals surface area contributed by atoms with Crippen LogP contribution in [-0.4, -0.2) is 5.11 Å². The molecule has 1 unspecified atom stereocenters. The number of rotatable bonds is 2. The first kappa shape index (κ1) is 14.2. The fourth-order valence-electron chi connectivity index (χ4n) is 2.20. The highest BCUT2D eigenvalue weighted by Crippen LogP contribution is 2.30. The number of aliphatic hydroxyl groups is 1. The van der Waals surface area contributed by atoms with Crippen LogP contribution >= 0.6 is 15.9 Å². The van der Waals surface area contributed by atoms with Gasteiger partial charge < -0.3 is 5.11 Å². The third-order valence-electron chi connectivity index (χ3n) is 3.09. The van der Waals surface area contributed by atoms with Crippen molar-refractivity contribution in [3.63, 3.8) is 0 Å². The smallest absolute Gasteiger partial charge is 0.137 e. The minimum Gasteiger partial charge on any atom is -0.384 e. The van der Waals surface area contributed by atoms with Gasteiger partial charge in [-0.1, -0.05) is 6.07 Å². The number of hydrogen-bond acceptors (Lipinski definition) is 1. The lowest BCUT2D eigenvalue weighted by Crippen LogP contribution is -2.05. The second-order valence-corrected chi connectivity index (χ2v) is 5.38. The van der Waals surface area contributed by atoms with Crippen LogP contribution in [0.1, 0.15) is 28.4 Å². The summed E-state index contributed by atoms with van der Waals surface area (Å²) in [5.41, 5.74) is 2.56. The zero-order valence-corrected chi connectivity index (χ0v) is 12.1. The van der Waals surface area contributed by atoms with Gasteiger partial charge in [-0.25, -0.2) is 8.78 Å². The first-order valence-corrected chi connectivity index (χ1v) is 6.59. The van der Waals surface area contributed by atoms with E-state index < -0.39 is 6.10 Å². The van der Waals surface area contributed by atoms with Crippen molar-refractivity contribution in [1.29, 1.82) is 0 Å². The predicted octanol–water partition coefficient (Wildman–Crippen LogP) is 4.43. The van der Waals surface area contributed by atoms with Gasteiger partial charge >= 0.3 is 0 Å². The number of aryl methyl sites for hydroxylation is 2. The van der Waals surface area contributed by atoms with Gasteiger partial charge in [0.15, 0.2) is 0 Å². The highest BCUT2D eigenvalue weighted by molar-refractivity contribution is 9.10. The monoisotopic (exact) mass is 326 g/mol. The summed E-state index contributed by atoms with van der Waals surface area (Å²) in [5, 5.41) is 10.4. The molecule has 0 aliphatic rings. The van der Waals surface area contributed by atoms with E-state index in [1.165, 1.54) is 30.3 Å². The summed E-state index contributed by atoms with van der Waals surface area (Å²) >= 11 is 3.09. The maximum Gasteiger partial charge on any atom is 0.137 e. The van der Waals surface area contributed by atoms with Crippen LogP contribution in [0.25, 0.3) is 0 Å². The Morgan fingerprint density at radius 1 is 1.05 bits per heavy atom. The van der Waals surface area contributed by atoms with Gasteiger partial charge in [-0.05, 0) is 76.3 Å². The molecular formula is C15H13BrF2O. The zero-order valence-electron chi connectivity index (χ0n) is 10.5. The zero-order chi connectivity index (χ0) is 14.2. The molecule has 0 fully saturated rings. The fourth-order valence-corrected chi connectivity index (χ4v) is 2.60. The molecule has 0 radical (unpaired) electrons. The molecule has 0 aromatic heterocycles. The lowest BCUT2D eigenvalue weighted by molar-refractivity contribution is 0.218. The molecule has 2 aromatic rings. The van der Waals surface area contributed by atoms with Crippen LogP contribution in [-0.2, 0) is 0 Å². The van der Waals surface area contributed by atoms with Crippen molar-refractivity contribution in [3.05, 3.63) is 68.7 Å². The lowest BCUT2D eigenvalue weighted by atomic mass is 9.93. The SMILES string of the molecule is Cc1cc(F)cc(C)c1C(O)c1ccc(F)c(Br)c1. The van der Waals surface area contributed by atoms with E-state index in [-0.39, 0.29) is 11.6 Å². The van der Waals surface area contributed by atoms with Crippen LogP contribution in [0.2, 0.25) is 0 Å². The Bertz CT molecular complexity index is 603. The average Bonchev–Trinajstić information content (AvgIpc) is 2.31. The number of halogens is 3.